The Kier molecular flexibility index (Phi) is 6.30. The number of halogens is 1. The Bertz CT molecular complexity index is 866. The highest BCUT2D eigenvalue weighted by molar-refractivity contribution is 6.33. The first-order valence-electron chi connectivity index (χ1n) is 9.17. The molecule has 1 atom stereocenters. The molecule has 1 N–H and O–H groups in total. The summed E-state index contributed by atoms with van der Waals surface area (Å²) in [6.07, 6.45) is 2.33. The van der Waals surface area contributed by atoms with Crippen molar-refractivity contribution in [1.29, 1.82) is 0 Å². The lowest BCUT2D eigenvalue weighted by Gasteiger charge is -2.24. The normalized spacial score (nSPS) is 12.0. The summed E-state index contributed by atoms with van der Waals surface area (Å²) in [4.78, 5) is 8.56. The minimum atomic E-state index is 0.0767. The fraction of sp³-hybridized carbons (Fsp3) is 0.273. The summed E-state index contributed by atoms with van der Waals surface area (Å²) in [5, 5.41) is 4.08. The summed E-state index contributed by atoms with van der Waals surface area (Å²) >= 11 is 6.45. The Morgan fingerprint density at radius 1 is 0.963 bits per heavy atom. The highest BCUT2D eigenvalue weighted by Crippen LogP contribution is 2.31. The molecule has 5 heteroatoms. The molecular formula is C22H24ClN3O. The lowest BCUT2D eigenvalue weighted by molar-refractivity contribution is 0.481. The monoisotopic (exact) mass is 381 g/mol. The number of ether oxygens (including phenoxy) is 1. The van der Waals surface area contributed by atoms with Crippen molar-refractivity contribution in [2.24, 2.45) is 5.92 Å². The number of nitrogens with zero attached hydrogens (tertiary/aromatic N) is 2. The molecule has 3 aromatic rings. The molecule has 0 aliphatic heterocycles. The number of anilines is 1. The minimum absolute atomic E-state index is 0.0767. The van der Waals surface area contributed by atoms with Gasteiger partial charge in [-0.3, -0.25) is 0 Å². The van der Waals surface area contributed by atoms with Crippen LogP contribution in [0.3, 0.4) is 0 Å². The van der Waals surface area contributed by atoms with Gasteiger partial charge in [0.05, 0.1) is 11.7 Å². The molecule has 3 rings (SSSR count). The first-order chi connectivity index (χ1) is 13.1. The summed E-state index contributed by atoms with van der Waals surface area (Å²) in [5.74, 6) is 2.65. The van der Waals surface area contributed by atoms with Gasteiger partial charge in [0.15, 0.2) is 0 Å². The van der Waals surface area contributed by atoms with Gasteiger partial charge in [-0.15, -0.1) is 0 Å². The molecule has 0 saturated heterocycles. The molecule has 0 amide bonds. The fourth-order valence-corrected chi connectivity index (χ4v) is 3.19. The van der Waals surface area contributed by atoms with Gasteiger partial charge in [-0.2, -0.15) is 0 Å². The van der Waals surface area contributed by atoms with Crippen LogP contribution >= 0.6 is 11.6 Å². The van der Waals surface area contributed by atoms with Gasteiger partial charge in [0.25, 0.3) is 0 Å². The second kappa shape index (κ2) is 8.87. The Morgan fingerprint density at radius 2 is 1.63 bits per heavy atom. The maximum Gasteiger partial charge on any atom is 0.149 e. The third kappa shape index (κ3) is 4.77. The smallest absolute Gasteiger partial charge is 0.149 e. The summed E-state index contributed by atoms with van der Waals surface area (Å²) in [7, 11) is 0. The van der Waals surface area contributed by atoms with Crippen LogP contribution in [-0.2, 0) is 6.42 Å². The summed E-state index contributed by atoms with van der Waals surface area (Å²) in [5.41, 5.74) is 2.00. The van der Waals surface area contributed by atoms with E-state index in [4.69, 9.17) is 16.3 Å². The van der Waals surface area contributed by atoms with Crippen LogP contribution in [0, 0.1) is 5.92 Å². The highest BCUT2D eigenvalue weighted by Gasteiger charge is 2.19. The lowest BCUT2D eigenvalue weighted by Crippen LogP contribution is -2.18. The van der Waals surface area contributed by atoms with Gasteiger partial charge >= 0.3 is 0 Å². The van der Waals surface area contributed by atoms with Gasteiger partial charge < -0.3 is 10.1 Å². The summed E-state index contributed by atoms with van der Waals surface area (Å²) in [6.45, 7) is 6.37. The fourth-order valence-electron chi connectivity index (χ4n) is 2.90. The lowest BCUT2D eigenvalue weighted by atomic mass is 9.96. The van der Waals surface area contributed by atoms with Crippen LogP contribution in [0.15, 0.2) is 60.9 Å². The van der Waals surface area contributed by atoms with Gasteiger partial charge in [-0.05, 0) is 42.2 Å². The van der Waals surface area contributed by atoms with Crippen molar-refractivity contribution in [1.82, 2.24) is 9.97 Å². The zero-order valence-corrected chi connectivity index (χ0v) is 16.6. The van der Waals surface area contributed by atoms with Crippen LogP contribution in [-0.4, -0.2) is 9.97 Å². The molecule has 0 spiro atoms. The predicted octanol–water partition coefficient (Wildman–Crippen LogP) is 6.29. The number of para-hydroxylation sites is 1. The topological polar surface area (TPSA) is 47.0 Å². The zero-order valence-electron chi connectivity index (χ0n) is 15.8. The molecule has 4 nitrogen and oxygen atoms in total. The summed E-state index contributed by atoms with van der Waals surface area (Å²) in [6, 6.07) is 18.0. The van der Waals surface area contributed by atoms with Crippen molar-refractivity contribution < 1.29 is 4.74 Å². The van der Waals surface area contributed by atoms with E-state index in [1.807, 2.05) is 49.4 Å². The van der Waals surface area contributed by atoms with E-state index in [1.165, 1.54) is 0 Å². The van der Waals surface area contributed by atoms with E-state index in [0.29, 0.717) is 16.8 Å². The molecule has 1 aromatic heterocycles. The van der Waals surface area contributed by atoms with Crippen molar-refractivity contribution in [3.63, 3.8) is 0 Å². The Labute approximate surface area is 165 Å². The van der Waals surface area contributed by atoms with Crippen LogP contribution in [0.5, 0.6) is 11.5 Å². The molecule has 1 heterocycles. The van der Waals surface area contributed by atoms with Crippen molar-refractivity contribution in [2.45, 2.75) is 33.2 Å². The molecule has 0 bridgehead atoms. The number of aryl methyl sites for hydroxylation is 1. The number of hydrogen-bond donors (Lipinski definition) is 1. The molecule has 2 aromatic carbocycles. The number of rotatable bonds is 7. The molecule has 27 heavy (non-hydrogen) atoms. The van der Waals surface area contributed by atoms with Gasteiger partial charge in [0.2, 0.25) is 0 Å². The number of hydrogen-bond acceptors (Lipinski definition) is 4. The van der Waals surface area contributed by atoms with Gasteiger partial charge in [-0.1, -0.05) is 62.7 Å². The summed E-state index contributed by atoms with van der Waals surface area (Å²) < 4.78 is 5.88. The minimum Gasteiger partial charge on any atom is -0.457 e. The Hall–Kier alpha value is -2.59. The van der Waals surface area contributed by atoms with E-state index in [9.17, 15) is 0 Å². The number of benzene rings is 2. The van der Waals surface area contributed by atoms with Crippen molar-refractivity contribution >= 4 is 17.4 Å². The van der Waals surface area contributed by atoms with E-state index in [1.54, 1.807) is 6.33 Å². The van der Waals surface area contributed by atoms with E-state index in [-0.39, 0.29) is 6.04 Å². The van der Waals surface area contributed by atoms with E-state index in [0.717, 1.165) is 29.2 Å². The predicted molar refractivity (Wildman–Crippen MR) is 111 cm³/mol. The quantitative estimate of drug-likeness (QED) is 0.522. The average Bonchev–Trinajstić information content (AvgIpc) is 2.68. The first-order valence-corrected chi connectivity index (χ1v) is 9.55. The molecule has 0 aliphatic rings. The number of aromatic nitrogens is 2. The molecule has 140 valence electrons. The standard InChI is InChI=1S/C22H24ClN3O/c1-4-19-20(23)22(25-14-24-19)26-21(15(2)3)16-10-12-18(13-11-16)27-17-8-6-5-7-9-17/h5-15,21H,4H2,1-3H3,(H,24,25,26). The second-order valence-corrected chi connectivity index (χ2v) is 7.06. The number of nitrogens with one attached hydrogen (secondary N) is 1. The molecule has 1 unspecified atom stereocenters. The third-order valence-electron chi connectivity index (χ3n) is 4.37. The maximum absolute atomic E-state index is 6.45. The van der Waals surface area contributed by atoms with Crippen LogP contribution < -0.4 is 10.1 Å². The van der Waals surface area contributed by atoms with Gasteiger partial charge in [0, 0.05) is 0 Å². The first kappa shape index (κ1) is 19.2. The van der Waals surface area contributed by atoms with E-state index >= 15 is 0 Å². The Morgan fingerprint density at radius 3 is 2.26 bits per heavy atom. The zero-order chi connectivity index (χ0) is 19.2. The Balaban J connectivity index is 1.79. The maximum atomic E-state index is 6.45. The SMILES string of the molecule is CCc1ncnc(NC(c2ccc(Oc3ccccc3)cc2)C(C)C)c1Cl. The highest BCUT2D eigenvalue weighted by atomic mass is 35.5. The van der Waals surface area contributed by atoms with Gasteiger partial charge in [0.1, 0.15) is 28.7 Å². The molecular weight excluding hydrogens is 358 g/mol. The molecule has 0 radical (unpaired) electrons. The average molecular weight is 382 g/mol. The van der Waals surface area contributed by atoms with Crippen LogP contribution in [0.4, 0.5) is 5.82 Å². The third-order valence-corrected chi connectivity index (χ3v) is 4.77. The van der Waals surface area contributed by atoms with E-state index in [2.05, 4.69) is 41.3 Å². The largest absolute Gasteiger partial charge is 0.457 e. The van der Waals surface area contributed by atoms with Gasteiger partial charge in [-0.25, -0.2) is 9.97 Å². The molecule has 0 saturated carbocycles. The van der Waals surface area contributed by atoms with Crippen molar-refractivity contribution in [3.05, 3.63) is 77.2 Å². The van der Waals surface area contributed by atoms with Crippen LogP contribution in [0.2, 0.25) is 5.02 Å². The van der Waals surface area contributed by atoms with Crippen molar-refractivity contribution in [2.75, 3.05) is 5.32 Å². The van der Waals surface area contributed by atoms with Crippen LogP contribution in [0.25, 0.3) is 0 Å². The molecule has 0 fully saturated rings. The second-order valence-electron chi connectivity index (χ2n) is 6.69. The van der Waals surface area contributed by atoms with E-state index < -0.39 is 0 Å². The molecule has 0 aliphatic carbocycles. The van der Waals surface area contributed by atoms with Crippen molar-refractivity contribution in [3.8, 4) is 11.5 Å². The van der Waals surface area contributed by atoms with Crippen LogP contribution in [0.1, 0.15) is 38.1 Å².